The molecule has 22 heavy (non-hydrogen) atoms. The summed E-state index contributed by atoms with van der Waals surface area (Å²) in [7, 11) is -3.60. The minimum Gasteiger partial charge on any atom is -0.223 e. The van der Waals surface area contributed by atoms with Crippen molar-refractivity contribution in [3.05, 3.63) is 65.5 Å². The normalized spacial score (nSPS) is 23.8. The molecule has 2 aromatic rings. The van der Waals surface area contributed by atoms with Crippen LogP contribution in [0.1, 0.15) is 17.0 Å². The Morgan fingerprint density at radius 2 is 1.82 bits per heavy atom. The average molecular weight is 315 g/mol. The Morgan fingerprint density at radius 1 is 1.14 bits per heavy atom. The number of hydrogen-bond acceptors (Lipinski definition) is 3. The van der Waals surface area contributed by atoms with Crippen LogP contribution in [0.25, 0.3) is 0 Å². The lowest BCUT2D eigenvalue weighted by molar-refractivity contribution is 0.593. The van der Waals surface area contributed by atoms with E-state index in [1.54, 1.807) is 30.3 Å². The summed E-state index contributed by atoms with van der Waals surface area (Å²) in [5.41, 5.74) is 1.53. The van der Waals surface area contributed by atoms with Crippen LogP contribution in [-0.2, 0) is 9.84 Å². The first kappa shape index (κ1) is 14.7. The third kappa shape index (κ3) is 2.40. The van der Waals surface area contributed by atoms with E-state index in [2.05, 4.69) is 0 Å². The fraction of sp³-hybridized carbons (Fsp3) is 0.235. The monoisotopic (exact) mass is 315 g/mol. The number of sulfone groups is 1. The Morgan fingerprint density at radius 3 is 2.41 bits per heavy atom. The number of rotatable bonds is 3. The molecule has 0 saturated heterocycles. The van der Waals surface area contributed by atoms with E-state index in [1.807, 2.05) is 13.0 Å². The SMILES string of the molecule is Cc1ccc(S(=O)(=O)[C@@H]2[C@@H](C#N)[C@H]2c2cccc(F)c2)cc1. The highest BCUT2D eigenvalue weighted by Crippen LogP contribution is 2.53. The Balaban J connectivity index is 1.98. The lowest BCUT2D eigenvalue weighted by atomic mass is 10.1. The molecule has 1 fully saturated rings. The molecule has 1 saturated carbocycles. The molecule has 112 valence electrons. The molecule has 0 N–H and O–H groups in total. The smallest absolute Gasteiger partial charge is 0.183 e. The molecule has 0 heterocycles. The summed E-state index contributed by atoms with van der Waals surface area (Å²) in [6, 6.07) is 14.4. The minimum atomic E-state index is -3.60. The fourth-order valence-corrected chi connectivity index (χ4v) is 4.89. The molecule has 2 aromatic carbocycles. The van der Waals surface area contributed by atoms with Crippen molar-refractivity contribution in [3.8, 4) is 6.07 Å². The van der Waals surface area contributed by atoms with Gasteiger partial charge in [-0.2, -0.15) is 5.26 Å². The van der Waals surface area contributed by atoms with Crippen molar-refractivity contribution in [2.24, 2.45) is 5.92 Å². The van der Waals surface area contributed by atoms with Crippen LogP contribution >= 0.6 is 0 Å². The summed E-state index contributed by atoms with van der Waals surface area (Å²) in [6.07, 6.45) is 0. The molecule has 0 bridgehead atoms. The quantitative estimate of drug-likeness (QED) is 0.874. The van der Waals surface area contributed by atoms with Crippen molar-refractivity contribution in [1.82, 2.24) is 0 Å². The van der Waals surface area contributed by atoms with E-state index < -0.39 is 32.7 Å². The van der Waals surface area contributed by atoms with Crippen LogP contribution in [-0.4, -0.2) is 13.7 Å². The van der Waals surface area contributed by atoms with Gasteiger partial charge < -0.3 is 0 Å². The first-order valence-corrected chi connectivity index (χ1v) is 8.45. The maximum Gasteiger partial charge on any atom is 0.183 e. The van der Waals surface area contributed by atoms with Crippen molar-refractivity contribution >= 4 is 9.84 Å². The van der Waals surface area contributed by atoms with Gasteiger partial charge in [0.15, 0.2) is 9.84 Å². The van der Waals surface area contributed by atoms with E-state index in [0.29, 0.717) is 5.56 Å². The van der Waals surface area contributed by atoms with E-state index in [-0.39, 0.29) is 4.90 Å². The summed E-state index contributed by atoms with van der Waals surface area (Å²) in [5, 5.41) is 8.42. The Labute approximate surface area is 128 Å². The highest BCUT2D eigenvalue weighted by Gasteiger charge is 2.59. The van der Waals surface area contributed by atoms with E-state index >= 15 is 0 Å². The second-order valence-corrected chi connectivity index (χ2v) is 7.66. The molecule has 3 rings (SSSR count). The summed E-state index contributed by atoms with van der Waals surface area (Å²) in [4.78, 5) is 0.210. The third-order valence-corrected chi connectivity index (χ3v) is 6.28. The summed E-state index contributed by atoms with van der Waals surface area (Å²) >= 11 is 0. The maximum atomic E-state index is 13.3. The van der Waals surface area contributed by atoms with Crippen molar-refractivity contribution < 1.29 is 12.8 Å². The van der Waals surface area contributed by atoms with Gasteiger partial charge in [-0.3, -0.25) is 0 Å². The molecule has 5 heteroatoms. The van der Waals surface area contributed by atoms with Gasteiger partial charge in [0.1, 0.15) is 5.82 Å². The molecule has 1 aliphatic rings. The van der Waals surface area contributed by atoms with E-state index in [1.165, 1.54) is 18.2 Å². The average Bonchev–Trinajstić information content (AvgIpc) is 3.23. The molecule has 3 atom stereocenters. The number of halogens is 1. The number of nitrogens with zero attached hydrogens (tertiary/aromatic N) is 1. The van der Waals surface area contributed by atoms with E-state index in [9.17, 15) is 18.1 Å². The number of aryl methyl sites for hydroxylation is 1. The first-order chi connectivity index (χ1) is 10.4. The van der Waals surface area contributed by atoms with Crippen LogP contribution in [0, 0.1) is 30.0 Å². The topological polar surface area (TPSA) is 57.9 Å². The lowest BCUT2D eigenvalue weighted by Crippen LogP contribution is -2.10. The van der Waals surface area contributed by atoms with Gasteiger partial charge in [0.2, 0.25) is 0 Å². The predicted molar refractivity (Wildman–Crippen MR) is 80.4 cm³/mol. The van der Waals surface area contributed by atoms with Gasteiger partial charge in [0.05, 0.1) is 22.1 Å². The molecule has 1 aliphatic carbocycles. The van der Waals surface area contributed by atoms with Gasteiger partial charge in [0, 0.05) is 5.92 Å². The summed E-state index contributed by atoms with van der Waals surface area (Å²) in [5.74, 6) is -1.52. The van der Waals surface area contributed by atoms with Gasteiger partial charge in [-0.05, 0) is 36.8 Å². The predicted octanol–water partition coefficient (Wildman–Crippen LogP) is 3.21. The van der Waals surface area contributed by atoms with Crippen molar-refractivity contribution in [1.29, 1.82) is 5.26 Å². The van der Waals surface area contributed by atoms with Crippen molar-refractivity contribution in [2.45, 2.75) is 23.0 Å². The fourth-order valence-electron chi connectivity index (χ4n) is 2.82. The Hall–Kier alpha value is -2.19. The zero-order chi connectivity index (χ0) is 15.9. The molecule has 3 nitrogen and oxygen atoms in total. The maximum absolute atomic E-state index is 13.3. The summed E-state index contributed by atoms with van der Waals surface area (Å²) in [6.45, 7) is 1.88. The van der Waals surface area contributed by atoms with Gasteiger partial charge in [0.25, 0.3) is 0 Å². The van der Waals surface area contributed by atoms with Crippen LogP contribution in [0.15, 0.2) is 53.4 Å². The molecule has 0 aromatic heterocycles. The largest absolute Gasteiger partial charge is 0.223 e. The van der Waals surface area contributed by atoms with E-state index in [0.717, 1.165) is 5.56 Å². The van der Waals surface area contributed by atoms with Crippen LogP contribution < -0.4 is 0 Å². The number of nitriles is 1. The molecular weight excluding hydrogens is 301 g/mol. The number of benzene rings is 2. The zero-order valence-corrected chi connectivity index (χ0v) is 12.7. The van der Waals surface area contributed by atoms with Crippen LogP contribution in [0.2, 0.25) is 0 Å². The highest BCUT2D eigenvalue weighted by molar-refractivity contribution is 7.92. The van der Waals surface area contributed by atoms with Crippen molar-refractivity contribution in [2.75, 3.05) is 0 Å². The standard InChI is InChI=1S/C17H14FNO2S/c1-11-5-7-14(8-6-11)22(20,21)17-15(10-19)16(17)12-3-2-4-13(18)9-12/h2-9,15-17H,1H3/t15-,16+,17+/m0/s1. The second-order valence-electron chi connectivity index (χ2n) is 5.56. The van der Waals surface area contributed by atoms with Gasteiger partial charge in [-0.1, -0.05) is 29.8 Å². The van der Waals surface area contributed by atoms with Gasteiger partial charge >= 0.3 is 0 Å². The Bertz CT molecular complexity index is 853. The van der Waals surface area contributed by atoms with Gasteiger partial charge in [-0.15, -0.1) is 0 Å². The van der Waals surface area contributed by atoms with Gasteiger partial charge in [-0.25, -0.2) is 12.8 Å². The lowest BCUT2D eigenvalue weighted by Gasteiger charge is -2.04. The van der Waals surface area contributed by atoms with Crippen LogP contribution in [0.5, 0.6) is 0 Å². The molecule has 0 radical (unpaired) electrons. The second kappa shape index (κ2) is 5.22. The zero-order valence-electron chi connectivity index (χ0n) is 11.9. The third-order valence-electron chi connectivity index (χ3n) is 4.04. The van der Waals surface area contributed by atoms with Crippen molar-refractivity contribution in [3.63, 3.8) is 0 Å². The first-order valence-electron chi connectivity index (χ1n) is 6.91. The summed E-state index contributed by atoms with van der Waals surface area (Å²) < 4.78 is 38.7. The molecule has 0 spiro atoms. The molecule has 0 aliphatic heterocycles. The number of hydrogen-bond donors (Lipinski definition) is 0. The Kier molecular flexibility index (Phi) is 3.50. The molecule has 0 amide bonds. The minimum absolute atomic E-state index is 0.210. The van der Waals surface area contributed by atoms with Crippen LogP contribution in [0.3, 0.4) is 0 Å². The molecular formula is C17H14FNO2S. The van der Waals surface area contributed by atoms with Crippen LogP contribution in [0.4, 0.5) is 4.39 Å². The highest BCUT2D eigenvalue weighted by atomic mass is 32.2. The molecule has 0 unspecified atom stereocenters. The van der Waals surface area contributed by atoms with E-state index in [4.69, 9.17) is 0 Å².